The first-order chi connectivity index (χ1) is 6.79. The van der Waals surface area contributed by atoms with E-state index in [0.29, 0.717) is 6.04 Å². The van der Waals surface area contributed by atoms with Crippen LogP contribution >= 0.6 is 0 Å². The van der Waals surface area contributed by atoms with Crippen LogP contribution in [0.1, 0.15) is 25.7 Å². The van der Waals surface area contributed by atoms with Gasteiger partial charge in [0.25, 0.3) is 0 Å². The zero-order valence-electron chi connectivity index (χ0n) is 8.61. The summed E-state index contributed by atoms with van der Waals surface area (Å²) in [4.78, 5) is 6.55. The third-order valence-corrected chi connectivity index (χ3v) is 3.02. The molecule has 0 atom stereocenters. The maximum absolute atomic E-state index is 5.88. The van der Waals surface area contributed by atoms with Gasteiger partial charge in [-0.1, -0.05) is 12.8 Å². The number of anilines is 2. The van der Waals surface area contributed by atoms with Crippen LogP contribution in [-0.4, -0.2) is 18.1 Å². The first-order valence-electron chi connectivity index (χ1n) is 5.22. The number of aromatic nitrogens is 1. The van der Waals surface area contributed by atoms with Gasteiger partial charge in [0.1, 0.15) is 0 Å². The maximum Gasteiger partial charge on any atom is 0.151 e. The van der Waals surface area contributed by atoms with Crippen molar-refractivity contribution in [2.75, 3.05) is 17.7 Å². The zero-order chi connectivity index (χ0) is 9.97. The molecule has 3 heteroatoms. The number of rotatable bonds is 2. The van der Waals surface area contributed by atoms with Crippen molar-refractivity contribution in [3.8, 4) is 0 Å². The van der Waals surface area contributed by atoms with E-state index in [1.165, 1.54) is 25.7 Å². The van der Waals surface area contributed by atoms with Crippen molar-refractivity contribution in [2.24, 2.45) is 0 Å². The lowest BCUT2D eigenvalue weighted by Gasteiger charge is -2.26. The van der Waals surface area contributed by atoms with Gasteiger partial charge in [-0.15, -0.1) is 0 Å². The quantitative estimate of drug-likeness (QED) is 0.777. The first-order valence-corrected chi connectivity index (χ1v) is 5.22. The molecule has 1 aromatic heterocycles. The second-order valence-electron chi connectivity index (χ2n) is 3.97. The molecule has 14 heavy (non-hydrogen) atoms. The van der Waals surface area contributed by atoms with E-state index in [4.69, 9.17) is 5.73 Å². The van der Waals surface area contributed by atoms with Crippen LogP contribution in [-0.2, 0) is 0 Å². The molecule has 2 rings (SSSR count). The van der Waals surface area contributed by atoms with Crippen LogP contribution in [0.2, 0.25) is 0 Å². The molecule has 0 aliphatic heterocycles. The van der Waals surface area contributed by atoms with E-state index in [1.807, 2.05) is 12.1 Å². The van der Waals surface area contributed by atoms with E-state index in [2.05, 4.69) is 16.9 Å². The summed E-state index contributed by atoms with van der Waals surface area (Å²) >= 11 is 0. The van der Waals surface area contributed by atoms with E-state index >= 15 is 0 Å². The summed E-state index contributed by atoms with van der Waals surface area (Å²) in [5, 5.41) is 0. The van der Waals surface area contributed by atoms with Crippen LogP contribution in [0.25, 0.3) is 0 Å². The minimum atomic E-state index is 0.632. The molecular weight excluding hydrogens is 174 g/mol. The van der Waals surface area contributed by atoms with Gasteiger partial charge in [0.15, 0.2) is 5.82 Å². The zero-order valence-corrected chi connectivity index (χ0v) is 8.61. The Morgan fingerprint density at radius 2 is 2.14 bits per heavy atom. The SMILES string of the molecule is CN(c1ncccc1N)C1CCCC1. The van der Waals surface area contributed by atoms with Crippen LogP contribution in [0.15, 0.2) is 18.3 Å². The third-order valence-electron chi connectivity index (χ3n) is 3.02. The van der Waals surface area contributed by atoms with Crippen molar-refractivity contribution < 1.29 is 0 Å². The van der Waals surface area contributed by atoms with Crippen LogP contribution in [0.4, 0.5) is 11.5 Å². The number of pyridine rings is 1. The van der Waals surface area contributed by atoms with Crippen molar-refractivity contribution in [1.82, 2.24) is 4.98 Å². The van der Waals surface area contributed by atoms with E-state index in [-0.39, 0.29) is 0 Å². The molecule has 1 heterocycles. The number of hydrogen-bond donors (Lipinski definition) is 1. The molecule has 1 aliphatic carbocycles. The molecule has 1 aromatic rings. The number of nitrogens with zero attached hydrogens (tertiary/aromatic N) is 2. The van der Waals surface area contributed by atoms with Gasteiger partial charge in [-0.05, 0) is 25.0 Å². The second-order valence-corrected chi connectivity index (χ2v) is 3.97. The Morgan fingerprint density at radius 1 is 1.43 bits per heavy atom. The smallest absolute Gasteiger partial charge is 0.151 e. The van der Waals surface area contributed by atoms with Crippen LogP contribution in [0, 0.1) is 0 Å². The summed E-state index contributed by atoms with van der Waals surface area (Å²) in [6.07, 6.45) is 7.01. The van der Waals surface area contributed by atoms with Gasteiger partial charge in [-0.3, -0.25) is 0 Å². The molecular formula is C11H17N3. The van der Waals surface area contributed by atoms with Crippen LogP contribution in [0.3, 0.4) is 0 Å². The predicted molar refractivity (Wildman–Crippen MR) is 59.3 cm³/mol. The lowest BCUT2D eigenvalue weighted by atomic mass is 10.2. The molecule has 0 saturated heterocycles. The Balaban J connectivity index is 2.17. The Labute approximate surface area is 84.9 Å². The van der Waals surface area contributed by atoms with E-state index in [1.54, 1.807) is 6.20 Å². The fourth-order valence-electron chi connectivity index (χ4n) is 2.17. The van der Waals surface area contributed by atoms with Gasteiger partial charge in [0.2, 0.25) is 0 Å². The summed E-state index contributed by atoms with van der Waals surface area (Å²) in [5.74, 6) is 0.930. The minimum absolute atomic E-state index is 0.632. The molecule has 1 fully saturated rings. The molecule has 76 valence electrons. The summed E-state index contributed by atoms with van der Waals surface area (Å²) in [5.41, 5.74) is 6.66. The Bertz CT molecular complexity index is 305. The van der Waals surface area contributed by atoms with Gasteiger partial charge in [0.05, 0.1) is 5.69 Å². The highest BCUT2D eigenvalue weighted by atomic mass is 15.2. The van der Waals surface area contributed by atoms with E-state index in [9.17, 15) is 0 Å². The fraction of sp³-hybridized carbons (Fsp3) is 0.545. The molecule has 1 saturated carbocycles. The average Bonchev–Trinajstić information content (AvgIpc) is 2.70. The highest BCUT2D eigenvalue weighted by molar-refractivity contribution is 5.62. The van der Waals surface area contributed by atoms with Crippen LogP contribution < -0.4 is 10.6 Å². The summed E-state index contributed by atoms with van der Waals surface area (Å²) in [6.45, 7) is 0. The fourth-order valence-corrected chi connectivity index (χ4v) is 2.17. The standard InChI is InChI=1S/C11H17N3/c1-14(9-5-2-3-6-9)11-10(12)7-4-8-13-11/h4,7-9H,2-3,5-6,12H2,1H3. The van der Waals surface area contributed by atoms with E-state index in [0.717, 1.165) is 11.5 Å². The summed E-state index contributed by atoms with van der Waals surface area (Å²) in [6, 6.07) is 4.42. The monoisotopic (exact) mass is 191 g/mol. The third kappa shape index (κ3) is 1.67. The second kappa shape index (κ2) is 3.86. The maximum atomic E-state index is 5.88. The van der Waals surface area contributed by atoms with Crippen molar-refractivity contribution in [3.63, 3.8) is 0 Å². The van der Waals surface area contributed by atoms with Gasteiger partial charge < -0.3 is 10.6 Å². The summed E-state index contributed by atoms with van der Waals surface area (Å²) < 4.78 is 0. The lowest BCUT2D eigenvalue weighted by Crippen LogP contribution is -2.30. The topological polar surface area (TPSA) is 42.2 Å². The molecule has 2 N–H and O–H groups in total. The molecule has 0 unspecified atom stereocenters. The molecule has 0 radical (unpaired) electrons. The lowest BCUT2D eigenvalue weighted by molar-refractivity contribution is 0.647. The number of nitrogen functional groups attached to an aromatic ring is 1. The molecule has 0 spiro atoms. The van der Waals surface area contributed by atoms with Gasteiger partial charge >= 0.3 is 0 Å². The van der Waals surface area contributed by atoms with Crippen molar-refractivity contribution in [1.29, 1.82) is 0 Å². The number of hydrogen-bond acceptors (Lipinski definition) is 3. The molecule has 3 nitrogen and oxygen atoms in total. The van der Waals surface area contributed by atoms with Crippen molar-refractivity contribution in [3.05, 3.63) is 18.3 Å². The molecule has 0 aromatic carbocycles. The van der Waals surface area contributed by atoms with Crippen LogP contribution in [0.5, 0.6) is 0 Å². The number of nitrogens with two attached hydrogens (primary N) is 1. The highest BCUT2D eigenvalue weighted by Gasteiger charge is 2.21. The van der Waals surface area contributed by atoms with Gasteiger partial charge in [-0.2, -0.15) is 0 Å². The Morgan fingerprint density at radius 3 is 2.79 bits per heavy atom. The van der Waals surface area contributed by atoms with Crippen molar-refractivity contribution >= 4 is 11.5 Å². The summed E-state index contributed by atoms with van der Waals surface area (Å²) in [7, 11) is 2.09. The molecule has 0 amide bonds. The molecule has 0 bridgehead atoms. The van der Waals surface area contributed by atoms with E-state index < -0.39 is 0 Å². The minimum Gasteiger partial charge on any atom is -0.396 e. The molecule has 1 aliphatic rings. The van der Waals surface area contributed by atoms with Gasteiger partial charge in [0, 0.05) is 19.3 Å². The van der Waals surface area contributed by atoms with Crippen molar-refractivity contribution in [2.45, 2.75) is 31.7 Å². The predicted octanol–water partition coefficient (Wildman–Crippen LogP) is 2.04. The Kier molecular flexibility index (Phi) is 2.57. The first kappa shape index (κ1) is 9.31. The Hall–Kier alpha value is -1.25. The highest BCUT2D eigenvalue weighted by Crippen LogP contribution is 2.28. The average molecular weight is 191 g/mol. The largest absolute Gasteiger partial charge is 0.396 e. The normalized spacial score (nSPS) is 17.2. The van der Waals surface area contributed by atoms with Gasteiger partial charge in [-0.25, -0.2) is 4.98 Å².